The van der Waals surface area contributed by atoms with E-state index in [4.69, 9.17) is 9.47 Å². The van der Waals surface area contributed by atoms with Gasteiger partial charge in [0.25, 0.3) is 0 Å². The van der Waals surface area contributed by atoms with Crippen molar-refractivity contribution in [2.45, 2.75) is 6.04 Å². The second-order valence-corrected chi connectivity index (χ2v) is 5.66. The van der Waals surface area contributed by atoms with Crippen LogP contribution in [0.5, 0.6) is 11.5 Å². The van der Waals surface area contributed by atoms with Gasteiger partial charge < -0.3 is 14.8 Å². The topological polar surface area (TPSA) is 30.5 Å². The van der Waals surface area contributed by atoms with Gasteiger partial charge >= 0.3 is 0 Å². The van der Waals surface area contributed by atoms with Crippen LogP contribution in [-0.2, 0) is 0 Å². The van der Waals surface area contributed by atoms with E-state index in [0.29, 0.717) is 11.5 Å². The molecular weight excluding hydrogens is 384 g/mol. The molecule has 3 nitrogen and oxygen atoms in total. The Labute approximate surface area is 137 Å². The standard InChI is InChI=1S/C16H17FINO2/c1-19-16(12-6-5-11(17)9-13(12)18)10-4-7-14(20-2)15(8-10)21-3/h4-9,16,19H,1-3H3. The third-order valence-electron chi connectivity index (χ3n) is 3.30. The first-order valence-corrected chi connectivity index (χ1v) is 7.52. The number of methoxy groups -OCH3 is 2. The molecule has 0 heterocycles. The number of benzene rings is 2. The molecule has 0 aliphatic rings. The van der Waals surface area contributed by atoms with Crippen LogP contribution in [0.25, 0.3) is 0 Å². The number of halogens is 2. The molecule has 1 N–H and O–H groups in total. The highest BCUT2D eigenvalue weighted by atomic mass is 127. The van der Waals surface area contributed by atoms with Crippen LogP contribution in [0.15, 0.2) is 36.4 Å². The summed E-state index contributed by atoms with van der Waals surface area (Å²) in [6.45, 7) is 0. The number of ether oxygens (including phenoxy) is 2. The predicted molar refractivity (Wildman–Crippen MR) is 89.6 cm³/mol. The summed E-state index contributed by atoms with van der Waals surface area (Å²) >= 11 is 2.15. The van der Waals surface area contributed by atoms with E-state index in [1.54, 1.807) is 20.3 Å². The van der Waals surface area contributed by atoms with E-state index in [0.717, 1.165) is 14.7 Å². The maximum Gasteiger partial charge on any atom is 0.161 e. The van der Waals surface area contributed by atoms with Crippen LogP contribution in [-0.4, -0.2) is 21.3 Å². The molecule has 2 aromatic rings. The molecule has 1 atom stereocenters. The van der Waals surface area contributed by atoms with Crippen molar-refractivity contribution in [3.8, 4) is 11.5 Å². The van der Waals surface area contributed by atoms with Crippen molar-refractivity contribution in [3.63, 3.8) is 0 Å². The zero-order valence-corrected chi connectivity index (χ0v) is 14.3. The molecule has 5 heteroatoms. The first-order valence-electron chi connectivity index (χ1n) is 6.44. The highest BCUT2D eigenvalue weighted by Gasteiger charge is 2.17. The van der Waals surface area contributed by atoms with E-state index in [1.807, 2.05) is 25.2 Å². The van der Waals surface area contributed by atoms with Crippen LogP contribution in [0, 0.1) is 9.39 Å². The van der Waals surface area contributed by atoms with Crippen LogP contribution >= 0.6 is 22.6 Å². The summed E-state index contributed by atoms with van der Waals surface area (Å²) in [7, 11) is 5.09. The van der Waals surface area contributed by atoms with E-state index in [2.05, 4.69) is 27.9 Å². The lowest BCUT2D eigenvalue weighted by molar-refractivity contribution is 0.354. The van der Waals surface area contributed by atoms with Gasteiger partial charge in [0.15, 0.2) is 11.5 Å². The fourth-order valence-electron chi connectivity index (χ4n) is 2.27. The van der Waals surface area contributed by atoms with Crippen LogP contribution in [0.1, 0.15) is 17.2 Å². The van der Waals surface area contributed by atoms with Gasteiger partial charge in [0.2, 0.25) is 0 Å². The summed E-state index contributed by atoms with van der Waals surface area (Å²) in [5.41, 5.74) is 2.05. The quantitative estimate of drug-likeness (QED) is 0.775. The summed E-state index contributed by atoms with van der Waals surface area (Å²) < 4.78 is 24.7. The molecule has 0 radical (unpaired) electrons. The summed E-state index contributed by atoms with van der Waals surface area (Å²) in [6, 6.07) is 10.5. The first-order chi connectivity index (χ1) is 10.1. The van der Waals surface area contributed by atoms with Crippen molar-refractivity contribution < 1.29 is 13.9 Å². The normalized spacial score (nSPS) is 12.0. The van der Waals surface area contributed by atoms with Crippen LogP contribution in [0.3, 0.4) is 0 Å². The molecule has 0 saturated carbocycles. The maximum atomic E-state index is 13.3. The van der Waals surface area contributed by atoms with Crippen LogP contribution in [0.4, 0.5) is 4.39 Å². The fourth-order valence-corrected chi connectivity index (χ4v) is 3.06. The molecule has 0 aliphatic heterocycles. The molecule has 0 spiro atoms. The van der Waals surface area contributed by atoms with Gasteiger partial charge in [-0.25, -0.2) is 4.39 Å². The summed E-state index contributed by atoms with van der Waals surface area (Å²) in [4.78, 5) is 0. The van der Waals surface area contributed by atoms with Gasteiger partial charge in [0, 0.05) is 3.57 Å². The third-order valence-corrected chi connectivity index (χ3v) is 4.24. The molecule has 112 valence electrons. The first kappa shape index (κ1) is 16.0. The molecule has 0 fully saturated rings. The van der Waals surface area contributed by atoms with Crippen molar-refractivity contribution in [1.29, 1.82) is 0 Å². The Kier molecular flexibility index (Phi) is 5.41. The second-order valence-electron chi connectivity index (χ2n) is 4.50. The smallest absolute Gasteiger partial charge is 0.161 e. The van der Waals surface area contributed by atoms with Crippen molar-refractivity contribution in [2.75, 3.05) is 21.3 Å². The lowest BCUT2D eigenvalue weighted by Crippen LogP contribution is -2.19. The Morgan fingerprint density at radius 2 is 1.76 bits per heavy atom. The molecule has 2 rings (SSSR count). The molecule has 2 aromatic carbocycles. The van der Waals surface area contributed by atoms with Gasteiger partial charge in [-0.2, -0.15) is 0 Å². The molecule has 0 aromatic heterocycles. The average Bonchev–Trinajstić information content (AvgIpc) is 2.49. The van der Waals surface area contributed by atoms with Crippen LogP contribution in [0.2, 0.25) is 0 Å². The predicted octanol–water partition coefficient (Wildman–Crippen LogP) is 3.76. The van der Waals surface area contributed by atoms with E-state index >= 15 is 0 Å². The Balaban J connectivity index is 2.46. The van der Waals surface area contributed by atoms with Crippen molar-refractivity contribution in [3.05, 3.63) is 56.9 Å². The lowest BCUT2D eigenvalue weighted by Gasteiger charge is -2.20. The van der Waals surface area contributed by atoms with E-state index in [1.165, 1.54) is 12.1 Å². The molecule has 1 unspecified atom stereocenters. The Hall–Kier alpha value is -1.34. The minimum absolute atomic E-state index is 0.0442. The highest BCUT2D eigenvalue weighted by Crippen LogP contribution is 2.33. The van der Waals surface area contributed by atoms with Crippen molar-refractivity contribution in [1.82, 2.24) is 5.32 Å². The number of hydrogen-bond acceptors (Lipinski definition) is 3. The summed E-state index contributed by atoms with van der Waals surface area (Å²) in [6.07, 6.45) is 0. The zero-order chi connectivity index (χ0) is 15.4. The Morgan fingerprint density at radius 3 is 2.33 bits per heavy atom. The summed E-state index contributed by atoms with van der Waals surface area (Å²) in [5.74, 6) is 1.13. The van der Waals surface area contributed by atoms with Gasteiger partial charge in [-0.3, -0.25) is 0 Å². The lowest BCUT2D eigenvalue weighted by atomic mass is 9.98. The molecule has 21 heavy (non-hydrogen) atoms. The minimum atomic E-state index is -0.231. The van der Waals surface area contributed by atoms with Gasteiger partial charge in [-0.15, -0.1) is 0 Å². The molecule has 0 aliphatic carbocycles. The number of hydrogen-bond donors (Lipinski definition) is 1. The number of nitrogens with one attached hydrogen (secondary N) is 1. The Morgan fingerprint density at radius 1 is 1.05 bits per heavy atom. The SMILES string of the molecule is CNC(c1ccc(OC)c(OC)c1)c1ccc(F)cc1I. The van der Waals surface area contributed by atoms with E-state index < -0.39 is 0 Å². The maximum absolute atomic E-state index is 13.3. The second kappa shape index (κ2) is 7.09. The van der Waals surface area contributed by atoms with Gasteiger partial charge in [0.05, 0.1) is 20.3 Å². The van der Waals surface area contributed by atoms with E-state index in [9.17, 15) is 4.39 Å². The van der Waals surface area contributed by atoms with Gasteiger partial charge in [0.1, 0.15) is 5.82 Å². The molecule has 0 saturated heterocycles. The average molecular weight is 401 g/mol. The molecular formula is C16H17FINO2. The number of rotatable bonds is 5. The Bertz CT molecular complexity index is 634. The highest BCUT2D eigenvalue weighted by molar-refractivity contribution is 14.1. The van der Waals surface area contributed by atoms with Gasteiger partial charge in [-0.1, -0.05) is 12.1 Å². The van der Waals surface area contributed by atoms with Crippen molar-refractivity contribution >= 4 is 22.6 Å². The van der Waals surface area contributed by atoms with Gasteiger partial charge in [-0.05, 0) is 65.0 Å². The van der Waals surface area contributed by atoms with Crippen molar-refractivity contribution in [2.24, 2.45) is 0 Å². The minimum Gasteiger partial charge on any atom is -0.493 e. The molecule has 0 bridgehead atoms. The molecule has 0 amide bonds. The fraction of sp³-hybridized carbons (Fsp3) is 0.250. The largest absolute Gasteiger partial charge is 0.493 e. The van der Waals surface area contributed by atoms with E-state index in [-0.39, 0.29) is 11.9 Å². The summed E-state index contributed by atoms with van der Waals surface area (Å²) in [5, 5.41) is 3.26. The van der Waals surface area contributed by atoms with Crippen LogP contribution < -0.4 is 14.8 Å². The third kappa shape index (κ3) is 3.47. The zero-order valence-electron chi connectivity index (χ0n) is 12.1. The monoisotopic (exact) mass is 401 g/mol.